The van der Waals surface area contributed by atoms with Crippen LogP contribution in [0.4, 0.5) is 0 Å². The quantitative estimate of drug-likeness (QED) is 0.777. The van der Waals surface area contributed by atoms with Gasteiger partial charge < -0.3 is 10.5 Å². The van der Waals surface area contributed by atoms with Crippen LogP contribution >= 0.6 is 0 Å². The first-order valence-corrected chi connectivity index (χ1v) is 5.26. The molecule has 1 heterocycles. The Hall–Kier alpha value is -1.02. The molecule has 2 nitrogen and oxygen atoms in total. The molecular formula is C12H17NO. The minimum absolute atomic E-state index is 0.227. The monoisotopic (exact) mass is 191 g/mol. The molecule has 0 aromatic heterocycles. The molecule has 1 aromatic rings. The standard InChI is InChI=1S/C12H17NO/c1-9(13)8-11-7-6-10-4-2-3-5-12(10)14-11/h2-5,9,11H,6-8,13H2,1H3. The molecule has 0 aliphatic carbocycles. The Morgan fingerprint density at radius 2 is 2.29 bits per heavy atom. The largest absolute Gasteiger partial charge is 0.490 e. The molecule has 2 atom stereocenters. The Morgan fingerprint density at radius 1 is 1.50 bits per heavy atom. The number of benzene rings is 1. The highest BCUT2D eigenvalue weighted by Gasteiger charge is 2.19. The lowest BCUT2D eigenvalue weighted by Crippen LogP contribution is -2.29. The molecule has 0 fully saturated rings. The highest BCUT2D eigenvalue weighted by atomic mass is 16.5. The predicted octanol–water partition coefficient (Wildman–Crippen LogP) is 2.12. The van der Waals surface area contributed by atoms with Crippen molar-refractivity contribution in [2.24, 2.45) is 5.73 Å². The Morgan fingerprint density at radius 3 is 3.07 bits per heavy atom. The van der Waals surface area contributed by atoms with Gasteiger partial charge in [0, 0.05) is 6.04 Å². The Labute approximate surface area is 85.1 Å². The minimum atomic E-state index is 0.227. The highest BCUT2D eigenvalue weighted by molar-refractivity contribution is 5.35. The number of aryl methyl sites for hydroxylation is 1. The molecule has 1 aromatic carbocycles. The molecule has 14 heavy (non-hydrogen) atoms. The molecule has 1 aliphatic heterocycles. The molecule has 2 heteroatoms. The van der Waals surface area contributed by atoms with Crippen LogP contribution in [0.25, 0.3) is 0 Å². The van der Waals surface area contributed by atoms with Gasteiger partial charge in [-0.2, -0.15) is 0 Å². The number of hydrogen-bond acceptors (Lipinski definition) is 2. The van der Waals surface area contributed by atoms with E-state index >= 15 is 0 Å². The van der Waals surface area contributed by atoms with E-state index in [0.29, 0.717) is 6.10 Å². The van der Waals surface area contributed by atoms with Gasteiger partial charge in [-0.05, 0) is 37.8 Å². The van der Waals surface area contributed by atoms with Crippen molar-refractivity contribution in [2.75, 3.05) is 0 Å². The van der Waals surface area contributed by atoms with Crippen LogP contribution in [0.3, 0.4) is 0 Å². The lowest BCUT2D eigenvalue weighted by Gasteiger charge is -2.27. The van der Waals surface area contributed by atoms with E-state index in [2.05, 4.69) is 12.1 Å². The Kier molecular flexibility index (Phi) is 2.73. The minimum Gasteiger partial charge on any atom is -0.490 e. The normalized spacial score (nSPS) is 22.3. The molecule has 2 unspecified atom stereocenters. The van der Waals surface area contributed by atoms with Gasteiger partial charge in [-0.1, -0.05) is 18.2 Å². The van der Waals surface area contributed by atoms with E-state index in [1.54, 1.807) is 0 Å². The molecule has 1 aliphatic rings. The summed E-state index contributed by atoms with van der Waals surface area (Å²) in [6.07, 6.45) is 3.48. The highest BCUT2D eigenvalue weighted by Crippen LogP contribution is 2.28. The van der Waals surface area contributed by atoms with E-state index in [1.807, 2.05) is 19.1 Å². The average Bonchev–Trinajstić information content (AvgIpc) is 2.17. The van der Waals surface area contributed by atoms with Gasteiger partial charge in [0.25, 0.3) is 0 Å². The number of para-hydroxylation sites is 1. The number of hydrogen-bond donors (Lipinski definition) is 1. The van der Waals surface area contributed by atoms with Gasteiger partial charge in [0.1, 0.15) is 11.9 Å². The van der Waals surface area contributed by atoms with Crippen LogP contribution < -0.4 is 10.5 Å². The van der Waals surface area contributed by atoms with Crippen molar-refractivity contribution in [3.8, 4) is 5.75 Å². The maximum atomic E-state index is 5.86. The first kappa shape index (κ1) is 9.53. The number of fused-ring (bicyclic) bond motifs is 1. The molecule has 2 rings (SSSR count). The number of nitrogens with two attached hydrogens (primary N) is 1. The molecule has 0 saturated heterocycles. The summed E-state index contributed by atoms with van der Waals surface area (Å²) < 4.78 is 5.86. The third-order valence-corrected chi connectivity index (χ3v) is 2.64. The second-order valence-electron chi connectivity index (χ2n) is 4.10. The van der Waals surface area contributed by atoms with Crippen LogP contribution in [-0.2, 0) is 6.42 Å². The molecule has 0 spiro atoms. The summed E-state index contributed by atoms with van der Waals surface area (Å²) in [5.41, 5.74) is 7.09. The van der Waals surface area contributed by atoms with Crippen molar-refractivity contribution in [3.63, 3.8) is 0 Å². The summed E-state index contributed by atoms with van der Waals surface area (Å²) in [7, 11) is 0. The van der Waals surface area contributed by atoms with Crippen LogP contribution in [-0.4, -0.2) is 12.1 Å². The summed E-state index contributed by atoms with van der Waals surface area (Å²) in [5.74, 6) is 1.05. The van der Waals surface area contributed by atoms with Crippen LogP contribution in [0.2, 0.25) is 0 Å². The smallest absolute Gasteiger partial charge is 0.122 e. The third kappa shape index (κ3) is 2.07. The zero-order valence-corrected chi connectivity index (χ0v) is 8.57. The number of rotatable bonds is 2. The fraction of sp³-hybridized carbons (Fsp3) is 0.500. The third-order valence-electron chi connectivity index (χ3n) is 2.64. The molecule has 0 saturated carbocycles. The number of ether oxygens (including phenoxy) is 1. The molecule has 0 radical (unpaired) electrons. The van der Waals surface area contributed by atoms with Crippen molar-refractivity contribution in [1.29, 1.82) is 0 Å². The van der Waals surface area contributed by atoms with Crippen molar-refractivity contribution in [1.82, 2.24) is 0 Å². The lowest BCUT2D eigenvalue weighted by molar-refractivity contribution is 0.157. The van der Waals surface area contributed by atoms with E-state index in [-0.39, 0.29) is 6.04 Å². The van der Waals surface area contributed by atoms with Crippen molar-refractivity contribution < 1.29 is 4.74 Å². The lowest BCUT2D eigenvalue weighted by atomic mass is 9.99. The zero-order valence-electron chi connectivity index (χ0n) is 8.57. The topological polar surface area (TPSA) is 35.2 Å². The molecule has 0 bridgehead atoms. The SMILES string of the molecule is CC(N)CC1CCc2ccccc2O1. The summed E-state index contributed by atoms with van der Waals surface area (Å²) in [4.78, 5) is 0. The van der Waals surface area contributed by atoms with Gasteiger partial charge in [0.05, 0.1) is 0 Å². The average molecular weight is 191 g/mol. The van der Waals surface area contributed by atoms with Crippen LogP contribution in [0.1, 0.15) is 25.3 Å². The first-order valence-electron chi connectivity index (χ1n) is 5.26. The zero-order chi connectivity index (χ0) is 9.97. The fourth-order valence-electron chi connectivity index (χ4n) is 1.96. The Bertz CT molecular complexity index is 309. The molecular weight excluding hydrogens is 174 g/mol. The molecule has 2 N–H and O–H groups in total. The van der Waals surface area contributed by atoms with E-state index < -0.39 is 0 Å². The van der Waals surface area contributed by atoms with Gasteiger partial charge in [-0.3, -0.25) is 0 Å². The van der Waals surface area contributed by atoms with Crippen LogP contribution in [0, 0.1) is 0 Å². The van der Waals surface area contributed by atoms with Crippen molar-refractivity contribution in [2.45, 2.75) is 38.3 Å². The fourth-order valence-corrected chi connectivity index (χ4v) is 1.96. The van der Waals surface area contributed by atoms with E-state index in [1.165, 1.54) is 5.56 Å². The second kappa shape index (κ2) is 4.01. The van der Waals surface area contributed by atoms with E-state index in [9.17, 15) is 0 Å². The molecule has 76 valence electrons. The van der Waals surface area contributed by atoms with E-state index in [4.69, 9.17) is 10.5 Å². The van der Waals surface area contributed by atoms with Crippen LogP contribution in [0.15, 0.2) is 24.3 Å². The van der Waals surface area contributed by atoms with Crippen LogP contribution in [0.5, 0.6) is 5.75 Å². The first-order chi connectivity index (χ1) is 6.75. The van der Waals surface area contributed by atoms with Gasteiger partial charge >= 0.3 is 0 Å². The van der Waals surface area contributed by atoms with E-state index in [0.717, 1.165) is 25.0 Å². The Balaban J connectivity index is 2.06. The van der Waals surface area contributed by atoms with Crippen molar-refractivity contribution in [3.05, 3.63) is 29.8 Å². The summed E-state index contributed by atoms with van der Waals surface area (Å²) in [6.45, 7) is 2.03. The molecule has 0 amide bonds. The van der Waals surface area contributed by atoms with Gasteiger partial charge in [-0.25, -0.2) is 0 Å². The maximum Gasteiger partial charge on any atom is 0.122 e. The van der Waals surface area contributed by atoms with Gasteiger partial charge in [0.2, 0.25) is 0 Å². The van der Waals surface area contributed by atoms with Crippen molar-refractivity contribution >= 4 is 0 Å². The summed E-state index contributed by atoms with van der Waals surface area (Å²) in [6, 6.07) is 8.49. The summed E-state index contributed by atoms with van der Waals surface area (Å²) >= 11 is 0. The maximum absolute atomic E-state index is 5.86. The van der Waals surface area contributed by atoms with Gasteiger partial charge in [-0.15, -0.1) is 0 Å². The van der Waals surface area contributed by atoms with Gasteiger partial charge in [0.15, 0.2) is 0 Å². The predicted molar refractivity (Wildman–Crippen MR) is 57.4 cm³/mol. The second-order valence-corrected chi connectivity index (χ2v) is 4.10. The summed E-state index contributed by atoms with van der Waals surface area (Å²) in [5, 5.41) is 0.